The second-order valence-electron chi connectivity index (χ2n) is 11.3. The monoisotopic (exact) mass is 688 g/mol. The number of hydrogen-bond donors (Lipinski definition) is 5. The molecular formula is C34H38N15O2+. The average molecular weight is 689 g/mol. The largest absolute Gasteiger partial charge is 0.421 e. The Hall–Kier alpha value is -6.59. The second kappa shape index (κ2) is 16.2. The molecule has 0 unspecified atom stereocenters. The normalized spacial score (nSPS) is 11.4. The molecule has 51 heavy (non-hydrogen) atoms. The Morgan fingerprint density at radius 2 is 1.16 bits per heavy atom. The van der Waals surface area contributed by atoms with Crippen molar-refractivity contribution < 1.29 is 14.8 Å². The summed E-state index contributed by atoms with van der Waals surface area (Å²) in [6, 6.07) is 22.6. The lowest BCUT2D eigenvalue weighted by molar-refractivity contribution is -0.657. The van der Waals surface area contributed by atoms with E-state index < -0.39 is 0 Å². The molecule has 17 nitrogen and oxygen atoms in total. The average Bonchev–Trinajstić information content (AvgIpc) is 3.70. The summed E-state index contributed by atoms with van der Waals surface area (Å²) in [5, 5.41) is 46.2. The van der Waals surface area contributed by atoms with Crippen LogP contribution < -0.4 is 25.4 Å². The van der Waals surface area contributed by atoms with Gasteiger partial charge in [-0.05, 0) is 72.8 Å². The molecule has 0 saturated heterocycles. The minimum absolute atomic E-state index is 0.139. The van der Waals surface area contributed by atoms with E-state index >= 15 is 0 Å². The molecule has 3 aromatic carbocycles. The molecule has 0 spiro atoms. The van der Waals surface area contributed by atoms with E-state index in [1.54, 1.807) is 15.7 Å². The Bertz CT molecular complexity index is 2060. The number of aliphatic hydroxyl groups is 2. The zero-order chi connectivity index (χ0) is 35.6. The van der Waals surface area contributed by atoms with Crippen LogP contribution in [0.3, 0.4) is 0 Å². The predicted octanol–water partition coefficient (Wildman–Crippen LogP) is 5.62. The van der Waals surface area contributed by atoms with Gasteiger partial charge in [0.25, 0.3) is 0 Å². The van der Waals surface area contributed by atoms with Crippen LogP contribution in [-0.4, -0.2) is 65.6 Å². The fourth-order valence-electron chi connectivity index (χ4n) is 4.84. The number of imidazole rings is 2. The molecule has 0 aliphatic carbocycles. The zero-order valence-corrected chi connectivity index (χ0v) is 28.3. The summed E-state index contributed by atoms with van der Waals surface area (Å²) >= 11 is 0. The smallest absolute Gasteiger partial charge is 0.395 e. The Morgan fingerprint density at radius 3 is 1.63 bits per heavy atom. The van der Waals surface area contributed by atoms with Gasteiger partial charge in [0.1, 0.15) is 5.69 Å². The van der Waals surface area contributed by atoms with Crippen LogP contribution in [0.5, 0.6) is 0 Å². The van der Waals surface area contributed by atoms with Crippen molar-refractivity contribution in [3.63, 3.8) is 0 Å². The van der Waals surface area contributed by atoms with Crippen molar-refractivity contribution in [2.24, 2.45) is 41.6 Å². The lowest BCUT2D eigenvalue weighted by Gasteiger charge is -2.21. The highest BCUT2D eigenvalue weighted by Crippen LogP contribution is 2.26. The molecular weight excluding hydrogens is 650 g/mol. The summed E-state index contributed by atoms with van der Waals surface area (Å²) in [4.78, 5) is 19.6. The molecule has 0 atom stereocenters. The fraction of sp³-hybridized carbons (Fsp3) is 0.206. The summed E-state index contributed by atoms with van der Waals surface area (Å²) in [5.74, 6) is 2.08. The summed E-state index contributed by atoms with van der Waals surface area (Å²) in [5.41, 5.74) is 4.61. The molecule has 5 N–H and O–H groups in total. The van der Waals surface area contributed by atoms with Gasteiger partial charge in [-0.25, -0.2) is 14.1 Å². The van der Waals surface area contributed by atoms with Crippen LogP contribution in [0.15, 0.2) is 118 Å². The van der Waals surface area contributed by atoms with E-state index in [1.165, 1.54) is 0 Å². The number of aliphatic hydroxyl groups excluding tert-OH is 2. The van der Waals surface area contributed by atoms with E-state index in [-0.39, 0.29) is 38.2 Å². The van der Waals surface area contributed by atoms with Crippen molar-refractivity contribution in [1.29, 1.82) is 0 Å². The molecule has 0 saturated carbocycles. The number of nitrogens with zero attached hydrogens (tertiary/aromatic N) is 12. The quantitative estimate of drug-likeness (QED) is 0.0667. The number of hydrogen-bond acceptors (Lipinski definition) is 14. The molecule has 0 aliphatic rings. The molecule has 17 heteroatoms. The highest BCUT2D eigenvalue weighted by molar-refractivity contribution is 5.66. The van der Waals surface area contributed by atoms with Crippen molar-refractivity contribution in [1.82, 2.24) is 29.1 Å². The highest BCUT2D eigenvalue weighted by Gasteiger charge is 2.15. The van der Waals surface area contributed by atoms with Gasteiger partial charge in [-0.15, -0.1) is 10.2 Å². The molecule has 0 bridgehead atoms. The van der Waals surface area contributed by atoms with E-state index in [0.29, 0.717) is 29.2 Å². The van der Waals surface area contributed by atoms with Crippen molar-refractivity contribution in [2.75, 3.05) is 47.2 Å². The van der Waals surface area contributed by atoms with Gasteiger partial charge in [-0.1, -0.05) is 5.11 Å². The van der Waals surface area contributed by atoms with Crippen LogP contribution in [0.1, 0.15) is 0 Å². The van der Waals surface area contributed by atoms with Crippen molar-refractivity contribution >= 4 is 63.9 Å². The summed E-state index contributed by atoms with van der Waals surface area (Å²) in [6.07, 6.45) is 7.30. The van der Waals surface area contributed by atoms with Crippen molar-refractivity contribution in [3.8, 4) is 0 Å². The van der Waals surface area contributed by atoms with E-state index in [1.807, 2.05) is 122 Å². The molecule has 3 aromatic heterocycles. The minimum Gasteiger partial charge on any atom is -0.395 e. The Kier molecular flexibility index (Phi) is 10.9. The van der Waals surface area contributed by atoms with Crippen LogP contribution in [0, 0.1) is 0 Å². The maximum atomic E-state index is 9.65. The zero-order valence-electron chi connectivity index (χ0n) is 28.3. The number of nitrogens with one attached hydrogen (secondary N) is 3. The number of azo groups is 2. The molecule has 3 heterocycles. The Labute approximate surface area is 293 Å². The number of rotatable bonds is 15. The van der Waals surface area contributed by atoms with E-state index in [9.17, 15) is 10.2 Å². The third-order valence-corrected chi connectivity index (χ3v) is 7.52. The molecule has 0 fully saturated rings. The molecule has 0 amide bonds. The van der Waals surface area contributed by atoms with Crippen LogP contribution in [0.2, 0.25) is 0 Å². The third kappa shape index (κ3) is 9.11. The van der Waals surface area contributed by atoms with Gasteiger partial charge in [-0.3, -0.25) is 0 Å². The molecule has 6 rings (SSSR count). The number of anilines is 7. The minimum atomic E-state index is -0.139. The van der Waals surface area contributed by atoms with Gasteiger partial charge in [0.05, 0.1) is 45.4 Å². The predicted molar refractivity (Wildman–Crippen MR) is 194 cm³/mol. The van der Waals surface area contributed by atoms with Crippen LogP contribution in [0.4, 0.5) is 63.9 Å². The van der Waals surface area contributed by atoms with E-state index in [0.717, 1.165) is 22.7 Å². The second-order valence-corrected chi connectivity index (χ2v) is 11.3. The van der Waals surface area contributed by atoms with Crippen molar-refractivity contribution in [3.05, 3.63) is 97.6 Å². The Morgan fingerprint density at radius 1 is 0.647 bits per heavy atom. The fourth-order valence-corrected chi connectivity index (χ4v) is 4.84. The summed E-state index contributed by atoms with van der Waals surface area (Å²) < 4.78 is 5.55. The van der Waals surface area contributed by atoms with Crippen LogP contribution >= 0.6 is 0 Å². The molecule has 0 radical (unpaired) electrons. The SMILES string of the molecule is Cn1ccnc1N=Nc1ccc(Nc2ccc(Nc3nc(Nc4ccc(N=Nc5n(C)cc[n+]5C)cc4)nc(N(CCO)CCO)n3)cc2)cc1. The van der Waals surface area contributed by atoms with Gasteiger partial charge in [0, 0.05) is 60.4 Å². The lowest BCUT2D eigenvalue weighted by Crippen LogP contribution is -2.31. The Balaban J connectivity index is 1.14. The molecule has 260 valence electrons. The molecule has 0 aliphatic heterocycles. The van der Waals surface area contributed by atoms with Gasteiger partial charge < -0.3 is 35.6 Å². The first-order valence-electron chi connectivity index (χ1n) is 16.0. The van der Waals surface area contributed by atoms with Gasteiger partial charge in [0.2, 0.25) is 23.8 Å². The summed E-state index contributed by atoms with van der Waals surface area (Å²) in [6.45, 7) is 0.188. The van der Waals surface area contributed by atoms with Gasteiger partial charge >= 0.3 is 5.95 Å². The molecule has 6 aromatic rings. The standard InChI is InChI=1S/C34H37N15O2/c1-46-17-16-35-32(46)44-42-28-12-8-25(9-13-28)36-24-4-6-26(7-5-24)37-30-39-31(41-33(40-30)49(20-22-50)21-23-51)38-27-10-14-29(15-11-27)43-45-34-47(2)18-19-48(34)3/h4-19,50-51H,20-23H2,1-3H3,(H2,35,36,37,38,39,40,41,42,43,44)/p+1. The van der Waals surface area contributed by atoms with E-state index in [4.69, 9.17) is 0 Å². The third-order valence-electron chi connectivity index (χ3n) is 7.52. The number of aromatic nitrogens is 7. The first-order valence-corrected chi connectivity index (χ1v) is 16.0. The van der Waals surface area contributed by atoms with Crippen LogP contribution in [0.25, 0.3) is 0 Å². The maximum absolute atomic E-state index is 9.65. The van der Waals surface area contributed by atoms with Crippen molar-refractivity contribution in [2.45, 2.75) is 0 Å². The van der Waals surface area contributed by atoms with Gasteiger partial charge in [0.15, 0.2) is 0 Å². The van der Waals surface area contributed by atoms with E-state index in [2.05, 4.69) is 56.3 Å². The maximum Gasteiger partial charge on any atom is 0.421 e. The highest BCUT2D eigenvalue weighted by atomic mass is 16.3. The van der Waals surface area contributed by atoms with Crippen LogP contribution in [-0.2, 0) is 21.1 Å². The first kappa shape index (κ1) is 34.3. The number of aryl methyl sites for hydroxylation is 3. The number of benzene rings is 3. The summed E-state index contributed by atoms with van der Waals surface area (Å²) in [7, 11) is 5.68. The first-order chi connectivity index (χ1) is 24.9. The topological polar surface area (TPSA) is 195 Å². The lowest BCUT2D eigenvalue weighted by atomic mass is 10.2. The van der Waals surface area contributed by atoms with Gasteiger partial charge in [-0.2, -0.15) is 15.0 Å².